The Balaban J connectivity index is 1.32. The Morgan fingerprint density at radius 1 is 1.03 bits per heavy atom. The minimum atomic E-state index is -3.64. The maximum absolute atomic E-state index is 13.0. The number of sulfonamides is 1. The van der Waals surface area contributed by atoms with E-state index in [1.165, 1.54) is 10.4 Å². The van der Waals surface area contributed by atoms with Crippen molar-refractivity contribution in [2.24, 2.45) is 0 Å². The van der Waals surface area contributed by atoms with E-state index in [1.54, 1.807) is 30.5 Å². The molecular weight excluding hydrogens is 410 g/mol. The van der Waals surface area contributed by atoms with Crippen LogP contribution < -0.4 is 14.8 Å². The van der Waals surface area contributed by atoms with Crippen LogP contribution in [-0.4, -0.2) is 69.5 Å². The summed E-state index contributed by atoms with van der Waals surface area (Å²) in [7, 11) is -3.64. The summed E-state index contributed by atoms with van der Waals surface area (Å²) in [5, 5.41) is 2.80. The number of carbonyl (C=O) groups excluding carboxylic acids is 1. The van der Waals surface area contributed by atoms with Crippen molar-refractivity contribution in [3.63, 3.8) is 0 Å². The molecule has 0 aliphatic carbocycles. The van der Waals surface area contributed by atoms with Crippen LogP contribution in [0, 0.1) is 0 Å². The van der Waals surface area contributed by atoms with Gasteiger partial charge in [0.05, 0.1) is 37.5 Å². The minimum Gasteiger partial charge on any atom is -0.490 e. The first-order chi connectivity index (χ1) is 14.5. The number of benzene rings is 1. The lowest BCUT2D eigenvalue weighted by Gasteiger charge is -2.33. The molecule has 162 valence electrons. The maximum atomic E-state index is 13.0. The van der Waals surface area contributed by atoms with Crippen molar-refractivity contribution in [3.8, 4) is 11.5 Å². The second kappa shape index (κ2) is 9.07. The molecule has 2 aromatic rings. The van der Waals surface area contributed by atoms with Crippen LogP contribution in [0.1, 0.15) is 12.2 Å². The number of furan rings is 1. The summed E-state index contributed by atoms with van der Waals surface area (Å²) in [6.45, 7) is 3.22. The highest BCUT2D eigenvalue weighted by atomic mass is 32.2. The van der Waals surface area contributed by atoms with Gasteiger partial charge in [-0.1, -0.05) is 0 Å². The van der Waals surface area contributed by atoms with Crippen molar-refractivity contribution >= 4 is 15.9 Å². The Labute approximate surface area is 175 Å². The van der Waals surface area contributed by atoms with Crippen LogP contribution in [0.15, 0.2) is 45.9 Å². The quantitative estimate of drug-likeness (QED) is 0.724. The molecule has 4 rings (SSSR count). The van der Waals surface area contributed by atoms with Gasteiger partial charge in [0.25, 0.3) is 0 Å². The summed E-state index contributed by atoms with van der Waals surface area (Å²) in [4.78, 5) is 14.3. The van der Waals surface area contributed by atoms with E-state index in [0.717, 1.165) is 6.42 Å². The lowest BCUT2D eigenvalue weighted by atomic mass is 10.3. The van der Waals surface area contributed by atoms with Crippen LogP contribution in [0.5, 0.6) is 11.5 Å². The summed E-state index contributed by atoms with van der Waals surface area (Å²) in [6, 6.07) is 8.29. The van der Waals surface area contributed by atoms with Crippen LogP contribution in [0.2, 0.25) is 0 Å². The second-order valence-electron chi connectivity index (χ2n) is 7.20. The minimum absolute atomic E-state index is 0.120. The fraction of sp³-hybridized carbons (Fsp3) is 0.450. The van der Waals surface area contributed by atoms with Crippen molar-refractivity contribution in [1.82, 2.24) is 14.5 Å². The number of hydrogen-bond donors (Lipinski definition) is 1. The lowest BCUT2D eigenvalue weighted by Crippen LogP contribution is -2.50. The summed E-state index contributed by atoms with van der Waals surface area (Å²) >= 11 is 0. The molecule has 9 nitrogen and oxygen atoms in total. The maximum Gasteiger partial charge on any atom is 0.243 e. The van der Waals surface area contributed by atoms with Crippen molar-refractivity contribution in [2.75, 3.05) is 45.9 Å². The fourth-order valence-corrected chi connectivity index (χ4v) is 4.88. The first kappa shape index (κ1) is 20.7. The summed E-state index contributed by atoms with van der Waals surface area (Å²) in [5.74, 6) is 1.59. The number of nitrogens with one attached hydrogen (secondary N) is 1. The number of rotatable bonds is 6. The van der Waals surface area contributed by atoms with Crippen LogP contribution in [0.25, 0.3) is 0 Å². The molecule has 0 radical (unpaired) electrons. The number of piperazine rings is 1. The fourth-order valence-electron chi connectivity index (χ4n) is 3.44. The van der Waals surface area contributed by atoms with Gasteiger partial charge in [-0.15, -0.1) is 0 Å². The molecule has 0 unspecified atom stereocenters. The standard InChI is InChI=1S/C20H25N3O6S/c24-20(21-14-16-3-1-10-27-16)15-22-6-8-23(9-7-22)30(25,26)17-4-5-18-19(13-17)29-12-2-11-28-18/h1,3-5,10,13H,2,6-9,11-12,14-15H2,(H,21,24). The van der Waals surface area contributed by atoms with Gasteiger partial charge in [-0.3, -0.25) is 9.69 Å². The van der Waals surface area contributed by atoms with Crippen LogP contribution in [0.3, 0.4) is 0 Å². The average Bonchev–Trinajstić information content (AvgIpc) is 3.16. The summed E-state index contributed by atoms with van der Waals surface area (Å²) in [5.41, 5.74) is 0. The van der Waals surface area contributed by atoms with Crippen molar-refractivity contribution in [3.05, 3.63) is 42.4 Å². The molecule has 1 amide bonds. The number of hydrogen-bond acceptors (Lipinski definition) is 7. The normalized spacial score (nSPS) is 18.0. The van der Waals surface area contributed by atoms with Gasteiger partial charge < -0.3 is 19.2 Å². The first-order valence-corrected chi connectivity index (χ1v) is 11.4. The van der Waals surface area contributed by atoms with Gasteiger partial charge in [0.1, 0.15) is 5.76 Å². The predicted molar refractivity (Wildman–Crippen MR) is 108 cm³/mol. The van der Waals surface area contributed by atoms with Gasteiger partial charge in [0.15, 0.2) is 11.5 Å². The summed E-state index contributed by atoms with van der Waals surface area (Å²) < 4.78 is 43.9. The Hall–Kier alpha value is -2.56. The monoisotopic (exact) mass is 435 g/mol. The third-order valence-electron chi connectivity index (χ3n) is 5.10. The molecule has 2 aliphatic rings. The van der Waals surface area contributed by atoms with E-state index in [4.69, 9.17) is 13.9 Å². The smallest absolute Gasteiger partial charge is 0.243 e. The van der Waals surface area contributed by atoms with Crippen LogP contribution >= 0.6 is 0 Å². The molecular formula is C20H25N3O6S. The lowest BCUT2D eigenvalue weighted by molar-refractivity contribution is -0.122. The molecule has 2 aliphatic heterocycles. The Bertz CT molecular complexity index is 968. The van der Waals surface area contributed by atoms with E-state index in [-0.39, 0.29) is 17.3 Å². The third kappa shape index (κ3) is 4.77. The van der Waals surface area contributed by atoms with E-state index in [2.05, 4.69) is 5.32 Å². The highest BCUT2D eigenvalue weighted by Gasteiger charge is 2.30. The topological polar surface area (TPSA) is 101 Å². The van der Waals surface area contributed by atoms with Gasteiger partial charge in [-0.05, 0) is 24.3 Å². The molecule has 0 atom stereocenters. The number of nitrogens with zero attached hydrogens (tertiary/aromatic N) is 2. The highest BCUT2D eigenvalue weighted by Crippen LogP contribution is 2.33. The molecule has 1 aromatic carbocycles. The molecule has 30 heavy (non-hydrogen) atoms. The van der Waals surface area contributed by atoms with E-state index in [0.29, 0.717) is 63.2 Å². The van der Waals surface area contributed by atoms with Gasteiger partial charge in [-0.2, -0.15) is 4.31 Å². The van der Waals surface area contributed by atoms with E-state index in [1.807, 2.05) is 4.90 Å². The zero-order chi connectivity index (χ0) is 21.0. The molecule has 1 aromatic heterocycles. The molecule has 1 fully saturated rings. The Morgan fingerprint density at radius 2 is 1.80 bits per heavy atom. The number of fused-ring (bicyclic) bond motifs is 1. The molecule has 3 heterocycles. The SMILES string of the molecule is O=C(CN1CCN(S(=O)(=O)c2ccc3c(c2)OCCCO3)CC1)NCc1ccco1. The van der Waals surface area contributed by atoms with Gasteiger partial charge in [-0.25, -0.2) is 8.42 Å². The number of carbonyl (C=O) groups is 1. The van der Waals surface area contributed by atoms with Crippen molar-refractivity contribution < 1.29 is 27.1 Å². The number of ether oxygens (including phenoxy) is 2. The van der Waals surface area contributed by atoms with Crippen LogP contribution in [-0.2, 0) is 21.4 Å². The van der Waals surface area contributed by atoms with Gasteiger partial charge >= 0.3 is 0 Å². The van der Waals surface area contributed by atoms with E-state index in [9.17, 15) is 13.2 Å². The molecule has 0 saturated carbocycles. The van der Waals surface area contributed by atoms with Gasteiger partial charge in [0.2, 0.25) is 15.9 Å². The highest BCUT2D eigenvalue weighted by molar-refractivity contribution is 7.89. The molecule has 0 bridgehead atoms. The number of amides is 1. The van der Waals surface area contributed by atoms with Crippen molar-refractivity contribution in [1.29, 1.82) is 0 Å². The van der Waals surface area contributed by atoms with Crippen LogP contribution in [0.4, 0.5) is 0 Å². The molecule has 0 spiro atoms. The summed E-state index contributed by atoms with van der Waals surface area (Å²) in [6.07, 6.45) is 2.32. The van der Waals surface area contributed by atoms with Gasteiger partial charge in [0, 0.05) is 38.7 Å². The average molecular weight is 436 g/mol. The largest absolute Gasteiger partial charge is 0.490 e. The molecule has 1 N–H and O–H groups in total. The zero-order valence-electron chi connectivity index (χ0n) is 16.6. The Morgan fingerprint density at radius 3 is 2.53 bits per heavy atom. The molecule has 1 saturated heterocycles. The second-order valence-corrected chi connectivity index (χ2v) is 9.13. The Kier molecular flexibility index (Phi) is 6.26. The first-order valence-electron chi connectivity index (χ1n) is 9.93. The van der Waals surface area contributed by atoms with E-state index < -0.39 is 10.0 Å². The zero-order valence-corrected chi connectivity index (χ0v) is 17.4. The third-order valence-corrected chi connectivity index (χ3v) is 6.99. The molecule has 10 heteroatoms. The predicted octanol–water partition coefficient (Wildman–Crippen LogP) is 1.06. The van der Waals surface area contributed by atoms with Crippen molar-refractivity contribution in [2.45, 2.75) is 17.9 Å². The van der Waals surface area contributed by atoms with E-state index >= 15 is 0 Å².